The van der Waals surface area contributed by atoms with Crippen LogP contribution in [-0.4, -0.2) is 19.4 Å². The fourth-order valence-electron chi connectivity index (χ4n) is 3.30. The highest BCUT2D eigenvalue weighted by molar-refractivity contribution is 5.79. The number of nitrogens with one attached hydrogen (secondary N) is 1. The standard InChI is InChI=1S/C16H23NO/c1-12-4-5-15(13(2)10-12)16(11-17-3)8-6-14(18)7-9-16/h4-5,10,17H,6-9,11H2,1-3H3. The summed E-state index contributed by atoms with van der Waals surface area (Å²) in [5.41, 5.74) is 4.25. The fourth-order valence-corrected chi connectivity index (χ4v) is 3.30. The molecule has 1 aromatic carbocycles. The SMILES string of the molecule is CNCC1(c2ccc(C)cc2C)CCC(=O)CC1. The van der Waals surface area contributed by atoms with Gasteiger partial charge in [-0.05, 0) is 44.9 Å². The molecular weight excluding hydrogens is 222 g/mol. The Morgan fingerprint density at radius 3 is 2.44 bits per heavy atom. The van der Waals surface area contributed by atoms with E-state index in [0.717, 1.165) is 32.2 Å². The van der Waals surface area contributed by atoms with E-state index in [9.17, 15) is 4.79 Å². The van der Waals surface area contributed by atoms with Crippen LogP contribution in [0.3, 0.4) is 0 Å². The molecule has 0 spiro atoms. The number of carbonyl (C=O) groups is 1. The van der Waals surface area contributed by atoms with Crippen LogP contribution in [0.1, 0.15) is 42.4 Å². The number of carbonyl (C=O) groups excluding carboxylic acids is 1. The third-order valence-corrected chi connectivity index (χ3v) is 4.23. The van der Waals surface area contributed by atoms with Gasteiger partial charge in [0.1, 0.15) is 5.78 Å². The van der Waals surface area contributed by atoms with E-state index in [-0.39, 0.29) is 5.41 Å². The highest BCUT2D eigenvalue weighted by Crippen LogP contribution is 2.39. The lowest BCUT2D eigenvalue weighted by atomic mass is 9.67. The van der Waals surface area contributed by atoms with Crippen molar-refractivity contribution in [2.75, 3.05) is 13.6 Å². The zero-order chi connectivity index (χ0) is 13.2. The first-order valence-electron chi connectivity index (χ1n) is 6.81. The molecule has 0 atom stereocenters. The molecule has 0 unspecified atom stereocenters. The van der Waals surface area contributed by atoms with Gasteiger partial charge < -0.3 is 5.32 Å². The molecule has 1 fully saturated rings. The van der Waals surface area contributed by atoms with Crippen LogP contribution in [0.15, 0.2) is 18.2 Å². The average molecular weight is 245 g/mol. The number of hydrogen-bond donors (Lipinski definition) is 1. The van der Waals surface area contributed by atoms with Crippen LogP contribution in [0.25, 0.3) is 0 Å². The quantitative estimate of drug-likeness (QED) is 0.887. The molecule has 18 heavy (non-hydrogen) atoms. The Morgan fingerprint density at radius 2 is 1.89 bits per heavy atom. The Balaban J connectivity index is 2.37. The first kappa shape index (κ1) is 13.3. The van der Waals surface area contributed by atoms with Crippen molar-refractivity contribution in [3.05, 3.63) is 34.9 Å². The lowest BCUT2D eigenvalue weighted by molar-refractivity contribution is -0.121. The summed E-state index contributed by atoms with van der Waals surface area (Å²) >= 11 is 0. The molecule has 1 aromatic rings. The second kappa shape index (κ2) is 5.23. The summed E-state index contributed by atoms with van der Waals surface area (Å²) < 4.78 is 0. The van der Waals surface area contributed by atoms with Crippen molar-refractivity contribution in [1.82, 2.24) is 5.32 Å². The van der Waals surface area contributed by atoms with Crippen LogP contribution in [0.4, 0.5) is 0 Å². The highest BCUT2D eigenvalue weighted by atomic mass is 16.1. The Labute approximate surface area is 110 Å². The molecule has 0 aliphatic heterocycles. The Morgan fingerprint density at radius 1 is 1.22 bits per heavy atom. The molecule has 1 saturated carbocycles. The van der Waals surface area contributed by atoms with Gasteiger partial charge in [0, 0.05) is 24.8 Å². The number of rotatable bonds is 3. The van der Waals surface area contributed by atoms with Crippen molar-refractivity contribution in [2.45, 2.75) is 44.9 Å². The van der Waals surface area contributed by atoms with Gasteiger partial charge in [-0.3, -0.25) is 4.79 Å². The maximum Gasteiger partial charge on any atom is 0.132 e. The number of benzene rings is 1. The van der Waals surface area contributed by atoms with Crippen LogP contribution in [0.2, 0.25) is 0 Å². The molecule has 0 aromatic heterocycles. The van der Waals surface area contributed by atoms with Crippen LogP contribution >= 0.6 is 0 Å². The maximum atomic E-state index is 11.5. The summed E-state index contributed by atoms with van der Waals surface area (Å²) in [4.78, 5) is 11.5. The van der Waals surface area contributed by atoms with Gasteiger partial charge >= 0.3 is 0 Å². The topological polar surface area (TPSA) is 29.1 Å². The minimum Gasteiger partial charge on any atom is -0.319 e. The minimum absolute atomic E-state index is 0.153. The van der Waals surface area contributed by atoms with Gasteiger partial charge in [0.25, 0.3) is 0 Å². The van der Waals surface area contributed by atoms with Crippen LogP contribution < -0.4 is 5.32 Å². The van der Waals surface area contributed by atoms with E-state index in [1.165, 1.54) is 16.7 Å². The molecule has 0 bridgehead atoms. The van der Waals surface area contributed by atoms with Gasteiger partial charge in [-0.25, -0.2) is 0 Å². The van der Waals surface area contributed by atoms with E-state index in [0.29, 0.717) is 5.78 Å². The summed E-state index contributed by atoms with van der Waals surface area (Å²) in [6, 6.07) is 6.71. The first-order chi connectivity index (χ1) is 8.57. The molecular formula is C16H23NO. The normalized spacial score (nSPS) is 18.9. The largest absolute Gasteiger partial charge is 0.319 e. The van der Waals surface area contributed by atoms with Crippen LogP contribution in [0, 0.1) is 13.8 Å². The van der Waals surface area contributed by atoms with Gasteiger partial charge in [-0.2, -0.15) is 0 Å². The van der Waals surface area contributed by atoms with Crippen molar-refractivity contribution in [2.24, 2.45) is 0 Å². The Hall–Kier alpha value is -1.15. The molecule has 1 aliphatic rings. The van der Waals surface area contributed by atoms with E-state index < -0.39 is 0 Å². The van der Waals surface area contributed by atoms with Crippen molar-refractivity contribution in [3.8, 4) is 0 Å². The number of hydrogen-bond acceptors (Lipinski definition) is 2. The molecule has 0 saturated heterocycles. The smallest absolute Gasteiger partial charge is 0.132 e. The third-order valence-electron chi connectivity index (χ3n) is 4.23. The van der Waals surface area contributed by atoms with Crippen molar-refractivity contribution in [3.63, 3.8) is 0 Å². The predicted molar refractivity (Wildman–Crippen MR) is 75.0 cm³/mol. The zero-order valence-corrected chi connectivity index (χ0v) is 11.7. The molecule has 98 valence electrons. The molecule has 0 amide bonds. The van der Waals surface area contributed by atoms with Crippen molar-refractivity contribution >= 4 is 5.78 Å². The fraction of sp³-hybridized carbons (Fsp3) is 0.562. The van der Waals surface area contributed by atoms with Gasteiger partial charge in [-0.15, -0.1) is 0 Å². The summed E-state index contributed by atoms with van der Waals surface area (Å²) in [5.74, 6) is 0.423. The first-order valence-corrected chi connectivity index (χ1v) is 6.81. The molecule has 2 nitrogen and oxygen atoms in total. The minimum atomic E-state index is 0.153. The molecule has 2 rings (SSSR count). The van der Waals surface area contributed by atoms with Crippen LogP contribution in [0.5, 0.6) is 0 Å². The van der Waals surface area contributed by atoms with Gasteiger partial charge in [0.05, 0.1) is 0 Å². The van der Waals surface area contributed by atoms with Gasteiger partial charge in [0.2, 0.25) is 0 Å². The third kappa shape index (κ3) is 2.49. The van der Waals surface area contributed by atoms with E-state index in [4.69, 9.17) is 0 Å². The van der Waals surface area contributed by atoms with E-state index in [2.05, 4.69) is 37.4 Å². The number of Topliss-reactive ketones (excluding diaryl/α,β-unsaturated/α-hetero) is 1. The second-order valence-corrected chi connectivity index (χ2v) is 5.67. The summed E-state index contributed by atoms with van der Waals surface area (Å²) in [5, 5.41) is 3.32. The summed E-state index contributed by atoms with van der Waals surface area (Å²) in [6.07, 6.45) is 3.43. The van der Waals surface area contributed by atoms with Crippen LogP contribution in [-0.2, 0) is 10.2 Å². The molecule has 0 radical (unpaired) electrons. The Bertz CT molecular complexity index is 440. The lowest BCUT2D eigenvalue weighted by Gasteiger charge is -2.38. The number of aryl methyl sites for hydroxylation is 2. The molecule has 1 N–H and O–H groups in total. The number of likely N-dealkylation sites (N-methyl/N-ethyl adjacent to an activating group) is 1. The van der Waals surface area contributed by atoms with Gasteiger partial charge in [-0.1, -0.05) is 23.8 Å². The maximum absolute atomic E-state index is 11.5. The molecule has 0 heterocycles. The van der Waals surface area contributed by atoms with E-state index in [1.54, 1.807) is 0 Å². The molecule has 1 aliphatic carbocycles. The number of ketones is 1. The van der Waals surface area contributed by atoms with Crippen molar-refractivity contribution < 1.29 is 4.79 Å². The van der Waals surface area contributed by atoms with E-state index >= 15 is 0 Å². The van der Waals surface area contributed by atoms with E-state index in [1.807, 2.05) is 7.05 Å². The lowest BCUT2D eigenvalue weighted by Crippen LogP contribution is -2.41. The van der Waals surface area contributed by atoms with Gasteiger partial charge in [0.15, 0.2) is 0 Å². The monoisotopic (exact) mass is 245 g/mol. The molecule has 2 heteroatoms. The van der Waals surface area contributed by atoms with Crippen molar-refractivity contribution in [1.29, 1.82) is 0 Å². The average Bonchev–Trinajstić information content (AvgIpc) is 2.33. The predicted octanol–water partition coefficient (Wildman–Crippen LogP) is 2.90. The Kier molecular flexibility index (Phi) is 3.86. The second-order valence-electron chi connectivity index (χ2n) is 5.67. The highest BCUT2D eigenvalue weighted by Gasteiger charge is 2.36. The summed E-state index contributed by atoms with van der Waals surface area (Å²) in [6.45, 7) is 5.28. The zero-order valence-electron chi connectivity index (χ0n) is 11.7. The summed E-state index contributed by atoms with van der Waals surface area (Å²) in [7, 11) is 2.00.